The molecule has 0 aliphatic carbocycles. The van der Waals surface area contributed by atoms with Crippen molar-refractivity contribution in [3.05, 3.63) is 53.9 Å². The van der Waals surface area contributed by atoms with Crippen molar-refractivity contribution in [3.63, 3.8) is 0 Å². The average Bonchev–Trinajstić information content (AvgIpc) is 2.40. The van der Waals surface area contributed by atoms with E-state index < -0.39 is 0 Å². The van der Waals surface area contributed by atoms with Gasteiger partial charge in [0.15, 0.2) is 0 Å². The van der Waals surface area contributed by atoms with Crippen LogP contribution in [0.2, 0.25) is 0 Å². The highest BCUT2D eigenvalue weighted by Gasteiger charge is 2.04. The van der Waals surface area contributed by atoms with E-state index in [1.165, 1.54) is 0 Å². The van der Waals surface area contributed by atoms with Gasteiger partial charge < -0.3 is 5.32 Å². The third kappa shape index (κ3) is 3.02. The van der Waals surface area contributed by atoms with Crippen LogP contribution in [0.15, 0.2) is 42.6 Å². The number of hydrogen-bond acceptors (Lipinski definition) is 3. The molecule has 0 aliphatic rings. The highest BCUT2D eigenvalue weighted by atomic mass is 14.9. The molecule has 3 nitrogen and oxygen atoms in total. The van der Waals surface area contributed by atoms with Crippen LogP contribution in [-0.2, 0) is 6.54 Å². The molecule has 18 heavy (non-hydrogen) atoms. The molecule has 0 aliphatic heterocycles. The molecule has 2 aromatic heterocycles. The van der Waals surface area contributed by atoms with Crippen LogP contribution in [0.4, 0.5) is 0 Å². The Morgan fingerprint density at radius 1 is 1.22 bits per heavy atom. The van der Waals surface area contributed by atoms with Crippen LogP contribution in [-0.4, -0.2) is 17.0 Å². The SMILES string of the molecule is C/C=C/c1cc(CNC)nc(-c2ccccn2)c1. The Kier molecular flexibility index (Phi) is 4.20. The number of allylic oxidation sites excluding steroid dienone is 1. The maximum atomic E-state index is 4.62. The van der Waals surface area contributed by atoms with E-state index in [1.54, 1.807) is 6.20 Å². The quantitative estimate of drug-likeness (QED) is 0.891. The molecule has 2 rings (SSSR count). The zero-order chi connectivity index (χ0) is 12.8. The Bertz CT molecular complexity index is 533. The minimum absolute atomic E-state index is 0.755. The Balaban J connectivity index is 2.46. The first-order valence-electron chi connectivity index (χ1n) is 6.03. The van der Waals surface area contributed by atoms with Gasteiger partial charge in [0, 0.05) is 12.7 Å². The zero-order valence-electron chi connectivity index (χ0n) is 10.7. The van der Waals surface area contributed by atoms with Crippen molar-refractivity contribution in [2.45, 2.75) is 13.5 Å². The van der Waals surface area contributed by atoms with Gasteiger partial charge in [-0.25, -0.2) is 4.98 Å². The first-order chi connectivity index (χ1) is 8.83. The second-order valence-electron chi connectivity index (χ2n) is 4.02. The largest absolute Gasteiger partial charge is 0.314 e. The molecule has 0 atom stereocenters. The second-order valence-corrected chi connectivity index (χ2v) is 4.02. The van der Waals surface area contributed by atoms with Crippen LogP contribution >= 0.6 is 0 Å². The van der Waals surface area contributed by atoms with Crippen LogP contribution in [0.1, 0.15) is 18.2 Å². The van der Waals surface area contributed by atoms with E-state index >= 15 is 0 Å². The normalized spacial score (nSPS) is 11.0. The third-order valence-corrected chi connectivity index (χ3v) is 2.55. The lowest BCUT2D eigenvalue weighted by molar-refractivity contribution is 0.791. The van der Waals surface area contributed by atoms with Crippen LogP contribution in [0.3, 0.4) is 0 Å². The van der Waals surface area contributed by atoms with E-state index in [0.29, 0.717) is 0 Å². The topological polar surface area (TPSA) is 37.8 Å². The molecule has 0 amide bonds. The van der Waals surface area contributed by atoms with Crippen molar-refractivity contribution in [1.82, 2.24) is 15.3 Å². The predicted molar refractivity (Wildman–Crippen MR) is 74.9 cm³/mol. The molecule has 2 heterocycles. The lowest BCUT2D eigenvalue weighted by atomic mass is 10.1. The summed E-state index contributed by atoms with van der Waals surface area (Å²) in [6.45, 7) is 2.77. The van der Waals surface area contributed by atoms with Crippen molar-refractivity contribution in [2.24, 2.45) is 0 Å². The van der Waals surface area contributed by atoms with Crippen molar-refractivity contribution in [2.75, 3.05) is 7.05 Å². The molecule has 0 fully saturated rings. The Hall–Kier alpha value is -2.00. The summed E-state index contributed by atoms with van der Waals surface area (Å²) in [5.41, 5.74) is 3.99. The molecular formula is C15H17N3. The molecule has 3 heteroatoms. The highest BCUT2D eigenvalue weighted by molar-refractivity contribution is 5.61. The molecule has 0 saturated heterocycles. The summed E-state index contributed by atoms with van der Waals surface area (Å²) in [7, 11) is 1.92. The summed E-state index contributed by atoms with van der Waals surface area (Å²) in [4.78, 5) is 8.96. The molecule has 0 saturated carbocycles. The minimum Gasteiger partial charge on any atom is -0.314 e. The van der Waals surface area contributed by atoms with Crippen molar-refractivity contribution in [3.8, 4) is 11.4 Å². The van der Waals surface area contributed by atoms with Crippen molar-refractivity contribution >= 4 is 6.08 Å². The highest BCUT2D eigenvalue weighted by Crippen LogP contribution is 2.17. The smallest absolute Gasteiger partial charge is 0.0896 e. The van der Waals surface area contributed by atoms with E-state index in [4.69, 9.17) is 0 Å². The van der Waals surface area contributed by atoms with Gasteiger partial charge in [-0.1, -0.05) is 18.2 Å². The summed E-state index contributed by atoms with van der Waals surface area (Å²) in [5, 5.41) is 3.12. The number of hydrogen-bond donors (Lipinski definition) is 1. The minimum atomic E-state index is 0.755. The summed E-state index contributed by atoms with van der Waals surface area (Å²) < 4.78 is 0. The lowest BCUT2D eigenvalue weighted by Crippen LogP contribution is -2.07. The van der Waals surface area contributed by atoms with Gasteiger partial charge in [-0.15, -0.1) is 0 Å². The molecule has 1 N–H and O–H groups in total. The molecule has 0 bridgehead atoms. The van der Waals surface area contributed by atoms with Gasteiger partial charge in [0.25, 0.3) is 0 Å². The van der Waals surface area contributed by atoms with Gasteiger partial charge in [0.2, 0.25) is 0 Å². The van der Waals surface area contributed by atoms with Crippen LogP contribution in [0.25, 0.3) is 17.5 Å². The monoisotopic (exact) mass is 239 g/mol. The Morgan fingerprint density at radius 2 is 2.11 bits per heavy atom. The first-order valence-corrected chi connectivity index (χ1v) is 6.03. The Morgan fingerprint density at radius 3 is 2.78 bits per heavy atom. The summed E-state index contributed by atoms with van der Waals surface area (Å²) >= 11 is 0. The predicted octanol–water partition coefficient (Wildman–Crippen LogP) is 2.90. The maximum Gasteiger partial charge on any atom is 0.0896 e. The summed E-state index contributed by atoms with van der Waals surface area (Å²) in [6, 6.07) is 10.0. The van der Waals surface area contributed by atoms with Gasteiger partial charge in [-0.05, 0) is 43.8 Å². The fourth-order valence-corrected chi connectivity index (χ4v) is 1.82. The van der Waals surface area contributed by atoms with Crippen LogP contribution in [0, 0.1) is 0 Å². The number of aromatic nitrogens is 2. The van der Waals surface area contributed by atoms with E-state index in [1.807, 2.05) is 38.2 Å². The second kappa shape index (κ2) is 6.07. The fraction of sp³-hybridized carbons (Fsp3) is 0.200. The number of nitrogens with one attached hydrogen (secondary N) is 1. The number of rotatable bonds is 4. The molecular weight excluding hydrogens is 222 g/mol. The van der Waals surface area contributed by atoms with Gasteiger partial charge in [0.05, 0.1) is 17.1 Å². The van der Waals surface area contributed by atoms with E-state index in [2.05, 4.69) is 33.5 Å². The molecule has 0 radical (unpaired) electrons. The van der Waals surface area contributed by atoms with Gasteiger partial charge in [0.1, 0.15) is 0 Å². The van der Waals surface area contributed by atoms with Crippen LogP contribution in [0.5, 0.6) is 0 Å². The van der Waals surface area contributed by atoms with E-state index in [0.717, 1.165) is 29.2 Å². The van der Waals surface area contributed by atoms with Gasteiger partial charge >= 0.3 is 0 Å². The molecule has 2 aromatic rings. The van der Waals surface area contributed by atoms with Gasteiger partial charge in [-0.3, -0.25) is 4.98 Å². The van der Waals surface area contributed by atoms with Gasteiger partial charge in [-0.2, -0.15) is 0 Å². The van der Waals surface area contributed by atoms with Crippen LogP contribution < -0.4 is 5.32 Å². The van der Waals surface area contributed by atoms with E-state index in [-0.39, 0.29) is 0 Å². The third-order valence-electron chi connectivity index (χ3n) is 2.55. The van der Waals surface area contributed by atoms with Crippen molar-refractivity contribution in [1.29, 1.82) is 0 Å². The first kappa shape index (κ1) is 12.5. The van der Waals surface area contributed by atoms with Crippen molar-refractivity contribution < 1.29 is 0 Å². The zero-order valence-corrected chi connectivity index (χ0v) is 10.7. The lowest BCUT2D eigenvalue weighted by Gasteiger charge is -2.06. The fourth-order valence-electron chi connectivity index (χ4n) is 1.82. The van der Waals surface area contributed by atoms with E-state index in [9.17, 15) is 0 Å². The summed E-state index contributed by atoms with van der Waals surface area (Å²) in [6.07, 6.45) is 5.89. The molecule has 0 aromatic carbocycles. The maximum absolute atomic E-state index is 4.62. The standard InChI is InChI=1S/C15H17N3/c1-3-6-12-9-13(11-16-2)18-15(10-12)14-7-4-5-8-17-14/h3-10,16H,11H2,1-2H3/b6-3+. The Labute approximate surface area is 108 Å². The molecule has 92 valence electrons. The average molecular weight is 239 g/mol. The number of pyridine rings is 2. The molecule has 0 unspecified atom stereocenters. The number of nitrogens with zero attached hydrogens (tertiary/aromatic N) is 2. The summed E-state index contributed by atoms with van der Waals surface area (Å²) in [5.74, 6) is 0. The molecule has 0 spiro atoms.